The SMILES string of the molecule is Cc1cc(C)n(-c2ccc(C(=O)NCC(N3CCNCC3)C(F)(F)F)cc2)n1.Cl. The first kappa shape index (κ1) is 23.2. The summed E-state index contributed by atoms with van der Waals surface area (Å²) in [6, 6.07) is 6.89. The number of amides is 1. The number of rotatable bonds is 5. The lowest BCUT2D eigenvalue weighted by atomic mass is 10.1. The van der Waals surface area contributed by atoms with Crippen molar-refractivity contribution in [1.82, 2.24) is 25.3 Å². The van der Waals surface area contributed by atoms with Crippen LogP contribution >= 0.6 is 12.4 Å². The molecule has 1 unspecified atom stereocenters. The molecule has 1 fully saturated rings. The van der Waals surface area contributed by atoms with Crippen LogP contribution in [0.4, 0.5) is 13.2 Å². The number of piperazine rings is 1. The molecule has 160 valence electrons. The van der Waals surface area contributed by atoms with Gasteiger partial charge in [0.2, 0.25) is 0 Å². The van der Waals surface area contributed by atoms with Crippen molar-refractivity contribution in [3.8, 4) is 5.69 Å². The van der Waals surface area contributed by atoms with Gasteiger partial charge in [-0.3, -0.25) is 9.69 Å². The number of aryl methyl sites for hydroxylation is 2. The second-order valence-corrected chi connectivity index (χ2v) is 6.94. The minimum atomic E-state index is -4.40. The van der Waals surface area contributed by atoms with E-state index < -0.39 is 24.7 Å². The van der Waals surface area contributed by atoms with Gasteiger partial charge in [0, 0.05) is 44.0 Å². The quantitative estimate of drug-likeness (QED) is 0.763. The minimum Gasteiger partial charge on any atom is -0.350 e. The van der Waals surface area contributed by atoms with Crippen LogP contribution in [0.3, 0.4) is 0 Å². The summed E-state index contributed by atoms with van der Waals surface area (Å²) < 4.78 is 42.0. The van der Waals surface area contributed by atoms with Crippen molar-refractivity contribution in [1.29, 1.82) is 0 Å². The number of halogens is 4. The van der Waals surface area contributed by atoms with Crippen molar-refractivity contribution < 1.29 is 18.0 Å². The predicted octanol–water partition coefficient (Wildman–Crippen LogP) is 2.48. The summed E-state index contributed by atoms with van der Waals surface area (Å²) in [6.07, 6.45) is -4.40. The Hall–Kier alpha value is -2.10. The largest absolute Gasteiger partial charge is 0.405 e. The molecule has 2 aromatic rings. The first-order chi connectivity index (χ1) is 13.3. The van der Waals surface area contributed by atoms with Crippen molar-refractivity contribution in [3.05, 3.63) is 47.3 Å². The Morgan fingerprint density at radius 2 is 1.83 bits per heavy atom. The van der Waals surface area contributed by atoms with E-state index >= 15 is 0 Å². The van der Waals surface area contributed by atoms with Crippen LogP contribution in [0.15, 0.2) is 30.3 Å². The fraction of sp³-hybridized carbons (Fsp3) is 0.474. The topological polar surface area (TPSA) is 62.2 Å². The van der Waals surface area contributed by atoms with Gasteiger partial charge in [-0.2, -0.15) is 18.3 Å². The molecular weight excluding hydrogens is 407 g/mol. The number of hydrogen-bond donors (Lipinski definition) is 2. The summed E-state index contributed by atoms with van der Waals surface area (Å²) in [7, 11) is 0. The Morgan fingerprint density at radius 3 is 2.34 bits per heavy atom. The van der Waals surface area contributed by atoms with E-state index in [4.69, 9.17) is 0 Å². The number of carbonyl (C=O) groups is 1. The molecule has 3 rings (SSSR count). The molecule has 6 nitrogen and oxygen atoms in total. The Balaban J connectivity index is 0.00000300. The van der Waals surface area contributed by atoms with Gasteiger partial charge in [-0.05, 0) is 44.2 Å². The normalized spacial score (nSPS) is 16.2. The van der Waals surface area contributed by atoms with E-state index in [0.717, 1.165) is 17.1 Å². The van der Waals surface area contributed by atoms with Gasteiger partial charge in [-0.25, -0.2) is 4.68 Å². The number of hydrogen-bond acceptors (Lipinski definition) is 4. The number of nitrogens with zero attached hydrogens (tertiary/aromatic N) is 3. The number of alkyl halides is 3. The number of aromatic nitrogens is 2. The zero-order chi connectivity index (χ0) is 20.3. The van der Waals surface area contributed by atoms with Crippen molar-refractivity contribution in [2.75, 3.05) is 32.7 Å². The summed E-state index contributed by atoms with van der Waals surface area (Å²) in [5.74, 6) is -0.524. The molecule has 0 bridgehead atoms. The van der Waals surface area contributed by atoms with Gasteiger partial charge in [-0.15, -0.1) is 12.4 Å². The first-order valence-electron chi connectivity index (χ1n) is 9.19. The number of carbonyl (C=O) groups excluding carboxylic acids is 1. The molecule has 2 heterocycles. The average molecular weight is 432 g/mol. The van der Waals surface area contributed by atoms with Crippen molar-refractivity contribution in [2.45, 2.75) is 26.1 Å². The molecule has 2 N–H and O–H groups in total. The van der Waals surface area contributed by atoms with Gasteiger partial charge < -0.3 is 10.6 Å². The Labute approximate surface area is 173 Å². The highest BCUT2D eigenvalue weighted by atomic mass is 35.5. The molecule has 29 heavy (non-hydrogen) atoms. The van der Waals surface area contributed by atoms with Crippen LogP contribution in [0, 0.1) is 13.8 Å². The molecule has 1 saturated heterocycles. The lowest BCUT2D eigenvalue weighted by molar-refractivity contribution is -0.183. The summed E-state index contributed by atoms with van der Waals surface area (Å²) >= 11 is 0. The second-order valence-electron chi connectivity index (χ2n) is 6.94. The third-order valence-corrected chi connectivity index (χ3v) is 4.81. The van der Waals surface area contributed by atoms with E-state index in [1.54, 1.807) is 28.9 Å². The minimum absolute atomic E-state index is 0. The summed E-state index contributed by atoms with van der Waals surface area (Å²) in [5, 5.41) is 9.84. The van der Waals surface area contributed by atoms with E-state index in [-0.39, 0.29) is 12.4 Å². The average Bonchev–Trinajstić information content (AvgIpc) is 3.00. The predicted molar refractivity (Wildman–Crippen MR) is 107 cm³/mol. The van der Waals surface area contributed by atoms with E-state index in [2.05, 4.69) is 15.7 Å². The van der Waals surface area contributed by atoms with Crippen LogP contribution in [0.25, 0.3) is 5.69 Å². The van der Waals surface area contributed by atoms with Gasteiger partial charge in [0.15, 0.2) is 0 Å². The molecule has 0 spiro atoms. The highest BCUT2D eigenvalue weighted by Crippen LogP contribution is 2.25. The molecule has 10 heteroatoms. The van der Waals surface area contributed by atoms with Crippen LogP contribution in [0.2, 0.25) is 0 Å². The van der Waals surface area contributed by atoms with E-state index in [9.17, 15) is 18.0 Å². The number of benzene rings is 1. The smallest absolute Gasteiger partial charge is 0.350 e. The van der Waals surface area contributed by atoms with Gasteiger partial charge in [0.25, 0.3) is 5.91 Å². The highest BCUT2D eigenvalue weighted by molar-refractivity contribution is 5.94. The molecule has 1 aliphatic heterocycles. The van der Waals surface area contributed by atoms with Crippen molar-refractivity contribution in [3.63, 3.8) is 0 Å². The third-order valence-electron chi connectivity index (χ3n) is 4.81. The molecular formula is C19H25ClF3N5O. The molecule has 0 saturated carbocycles. The fourth-order valence-electron chi connectivity index (χ4n) is 3.38. The molecule has 1 amide bonds. The van der Waals surface area contributed by atoms with Crippen molar-refractivity contribution >= 4 is 18.3 Å². The van der Waals surface area contributed by atoms with Gasteiger partial charge in [0.05, 0.1) is 11.4 Å². The van der Waals surface area contributed by atoms with E-state index in [0.29, 0.717) is 31.7 Å². The Morgan fingerprint density at radius 1 is 1.21 bits per heavy atom. The molecule has 1 aromatic carbocycles. The van der Waals surface area contributed by atoms with Crippen LogP contribution in [0.5, 0.6) is 0 Å². The van der Waals surface area contributed by atoms with Crippen LogP contribution in [-0.4, -0.2) is 65.5 Å². The third kappa shape index (κ3) is 5.71. The summed E-state index contributed by atoms with van der Waals surface area (Å²) in [4.78, 5) is 13.7. The Bertz CT molecular complexity index is 816. The van der Waals surface area contributed by atoms with Gasteiger partial charge in [0.1, 0.15) is 6.04 Å². The van der Waals surface area contributed by atoms with Crippen molar-refractivity contribution in [2.24, 2.45) is 0 Å². The van der Waals surface area contributed by atoms with Crippen LogP contribution in [0.1, 0.15) is 21.7 Å². The first-order valence-corrected chi connectivity index (χ1v) is 9.19. The van der Waals surface area contributed by atoms with Gasteiger partial charge >= 0.3 is 6.18 Å². The molecule has 1 aromatic heterocycles. The highest BCUT2D eigenvalue weighted by Gasteiger charge is 2.43. The maximum atomic E-state index is 13.4. The second kappa shape index (κ2) is 9.60. The molecule has 0 aliphatic carbocycles. The van der Waals surface area contributed by atoms with E-state index in [1.165, 1.54) is 4.90 Å². The zero-order valence-corrected chi connectivity index (χ0v) is 17.1. The summed E-state index contributed by atoms with van der Waals surface area (Å²) in [5.41, 5.74) is 2.94. The lowest BCUT2D eigenvalue weighted by Crippen LogP contribution is -2.57. The number of nitrogens with one attached hydrogen (secondary N) is 2. The molecule has 1 aliphatic rings. The summed E-state index contributed by atoms with van der Waals surface area (Å²) in [6.45, 7) is 4.97. The maximum Gasteiger partial charge on any atom is 0.405 e. The zero-order valence-electron chi connectivity index (χ0n) is 16.3. The van der Waals surface area contributed by atoms with Gasteiger partial charge in [-0.1, -0.05) is 0 Å². The van der Waals surface area contributed by atoms with Crippen LogP contribution < -0.4 is 10.6 Å². The lowest BCUT2D eigenvalue weighted by Gasteiger charge is -2.35. The van der Waals surface area contributed by atoms with Crippen LogP contribution in [-0.2, 0) is 0 Å². The Kier molecular flexibility index (Phi) is 7.67. The van der Waals surface area contributed by atoms with E-state index in [1.807, 2.05) is 19.9 Å². The fourth-order valence-corrected chi connectivity index (χ4v) is 3.38. The maximum absolute atomic E-state index is 13.4. The molecule has 1 atom stereocenters. The monoisotopic (exact) mass is 431 g/mol. The standard InChI is InChI=1S/C19H24F3N5O.ClH/c1-13-11-14(2)27(25-13)16-5-3-15(4-6-16)18(28)24-12-17(19(20,21)22)26-9-7-23-8-10-26;/h3-6,11,17,23H,7-10,12H2,1-2H3,(H,24,28);1H. The molecule has 0 radical (unpaired) electrons.